The minimum absolute atomic E-state index is 0.0675. The number of hydrogen-bond acceptors (Lipinski definition) is 2. The molecule has 0 heterocycles. The van der Waals surface area contributed by atoms with Crippen molar-refractivity contribution in [2.75, 3.05) is 0 Å². The van der Waals surface area contributed by atoms with Crippen LogP contribution in [0.4, 0.5) is 0 Å². The van der Waals surface area contributed by atoms with Gasteiger partial charge in [0, 0.05) is 6.42 Å². The number of unbranched alkanes of at least 4 members (excludes halogenated alkanes) is 28. The Bertz CT molecular complexity index is 568. The average Bonchev–Trinajstić information content (AvgIpc) is 3.02. The number of ether oxygens (including phenoxy) is 1. The van der Waals surface area contributed by atoms with Crippen LogP contribution in [-0.4, -0.2) is 12.1 Å². The van der Waals surface area contributed by atoms with Crippen molar-refractivity contribution in [3.8, 4) is 0 Å². The maximum Gasteiger partial charge on any atom is 0.306 e. The first-order chi connectivity index (χ1) is 21.7. The summed E-state index contributed by atoms with van der Waals surface area (Å²) in [5.41, 5.74) is 0. The molecule has 0 N–H and O–H groups in total. The number of carbonyl (C=O) groups is 1. The Labute approximate surface area is 278 Å². The topological polar surface area (TPSA) is 26.3 Å². The lowest BCUT2D eigenvalue weighted by Crippen LogP contribution is -2.18. The summed E-state index contributed by atoms with van der Waals surface area (Å²) in [5, 5.41) is 0. The van der Waals surface area contributed by atoms with Crippen LogP contribution >= 0.6 is 0 Å². The second-order valence-electron chi connectivity index (χ2n) is 14.0. The van der Waals surface area contributed by atoms with E-state index in [2.05, 4.69) is 32.9 Å². The highest BCUT2D eigenvalue weighted by Crippen LogP contribution is 2.19. The number of allylic oxidation sites excluding steroid dienone is 2. The fraction of sp³-hybridized carbons (Fsp3) is 0.929. The molecule has 0 radical (unpaired) electrons. The summed E-state index contributed by atoms with van der Waals surface area (Å²) >= 11 is 0. The van der Waals surface area contributed by atoms with Crippen LogP contribution in [0.2, 0.25) is 0 Å². The molecular weight excluding hydrogens is 536 g/mol. The van der Waals surface area contributed by atoms with Gasteiger partial charge in [0.05, 0.1) is 0 Å². The Hall–Kier alpha value is -0.790. The molecule has 0 aliphatic rings. The van der Waals surface area contributed by atoms with Crippen LogP contribution in [-0.2, 0) is 9.53 Å². The maximum atomic E-state index is 12.6. The number of carbonyl (C=O) groups excluding carboxylic acids is 1. The minimum atomic E-state index is 0.0675. The summed E-state index contributed by atoms with van der Waals surface area (Å²) < 4.78 is 6.04. The first kappa shape index (κ1) is 43.2. The van der Waals surface area contributed by atoms with E-state index in [-0.39, 0.29) is 12.1 Å². The van der Waals surface area contributed by atoms with Gasteiger partial charge in [0.25, 0.3) is 0 Å². The summed E-state index contributed by atoms with van der Waals surface area (Å²) in [6.45, 7) is 6.85. The zero-order chi connectivity index (χ0) is 32.0. The molecule has 2 heteroatoms. The molecule has 0 fully saturated rings. The molecule has 0 aliphatic carbocycles. The molecule has 0 aromatic carbocycles. The smallest absolute Gasteiger partial charge is 0.306 e. The minimum Gasteiger partial charge on any atom is -0.462 e. The number of hydrogen-bond donors (Lipinski definition) is 0. The highest BCUT2D eigenvalue weighted by molar-refractivity contribution is 5.69. The van der Waals surface area contributed by atoms with Gasteiger partial charge in [-0.1, -0.05) is 193 Å². The average molecular weight is 619 g/mol. The van der Waals surface area contributed by atoms with Gasteiger partial charge in [-0.15, -0.1) is 0 Å². The lowest BCUT2D eigenvalue weighted by molar-refractivity contribution is -0.150. The third-order valence-electron chi connectivity index (χ3n) is 9.45. The molecule has 2 nitrogen and oxygen atoms in total. The SMILES string of the molecule is CCCCCCCC/C=C/CCCCCCCCCCCC(=O)OC(CCCCCCCC)CCCCCCCCCCC. The molecule has 0 bridgehead atoms. The van der Waals surface area contributed by atoms with Crippen molar-refractivity contribution in [3.05, 3.63) is 12.2 Å². The molecule has 262 valence electrons. The highest BCUT2D eigenvalue weighted by atomic mass is 16.5. The molecular formula is C42H82O2. The van der Waals surface area contributed by atoms with Gasteiger partial charge in [0.15, 0.2) is 0 Å². The van der Waals surface area contributed by atoms with Crippen molar-refractivity contribution >= 4 is 5.97 Å². The van der Waals surface area contributed by atoms with Gasteiger partial charge >= 0.3 is 5.97 Å². The van der Waals surface area contributed by atoms with E-state index in [1.807, 2.05) is 0 Å². The molecule has 0 aliphatic heterocycles. The quantitative estimate of drug-likeness (QED) is 0.0393. The second kappa shape index (κ2) is 38.4. The summed E-state index contributed by atoms with van der Waals surface area (Å²) in [6, 6.07) is 0. The molecule has 1 unspecified atom stereocenters. The van der Waals surface area contributed by atoms with Gasteiger partial charge in [-0.25, -0.2) is 0 Å². The highest BCUT2D eigenvalue weighted by Gasteiger charge is 2.14. The Balaban J connectivity index is 3.80. The van der Waals surface area contributed by atoms with E-state index >= 15 is 0 Å². The Morgan fingerprint density at radius 2 is 0.705 bits per heavy atom. The van der Waals surface area contributed by atoms with Crippen LogP contribution in [0.3, 0.4) is 0 Å². The van der Waals surface area contributed by atoms with E-state index < -0.39 is 0 Å². The first-order valence-corrected chi connectivity index (χ1v) is 20.6. The van der Waals surface area contributed by atoms with Crippen LogP contribution in [0, 0.1) is 0 Å². The van der Waals surface area contributed by atoms with Crippen LogP contribution < -0.4 is 0 Å². The van der Waals surface area contributed by atoms with Gasteiger partial charge in [0.2, 0.25) is 0 Å². The van der Waals surface area contributed by atoms with E-state index in [0.717, 1.165) is 19.3 Å². The lowest BCUT2D eigenvalue weighted by Gasteiger charge is -2.18. The zero-order valence-corrected chi connectivity index (χ0v) is 30.8. The van der Waals surface area contributed by atoms with E-state index in [4.69, 9.17) is 4.74 Å². The number of esters is 1. The van der Waals surface area contributed by atoms with E-state index in [9.17, 15) is 4.79 Å². The molecule has 0 saturated carbocycles. The third-order valence-corrected chi connectivity index (χ3v) is 9.45. The van der Waals surface area contributed by atoms with Crippen molar-refractivity contribution in [1.29, 1.82) is 0 Å². The van der Waals surface area contributed by atoms with Gasteiger partial charge in [-0.2, -0.15) is 0 Å². The zero-order valence-electron chi connectivity index (χ0n) is 30.8. The summed E-state index contributed by atoms with van der Waals surface area (Å²) in [4.78, 5) is 12.6. The molecule has 0 spiro atoms. The van der Waals surface area contributed by atoms with Crippen molar-refractivity contribution in [2.24, 2.45) is 0 Å². The Kier molecular flexibility index (Phi) is 37.7. The van der Waals surface area contributed by atoms with Crippen LogP contribution in [0.25, 0.3) is 0 Å². The normalized spacial score (nSPS) is 12.3. The van der Waals surface area contributed by atoms with Gasteiger partial charge in [-0.05, 0) is 57.8 Å². The molecule has 0 amide bonds. The Morgan fingerprint density at radius 3 is 1.07 bits per heavy atom. The van der Waals surface area contributed by atoms with Crippen LogP contribution in [0.15, 0.2) is 12.2 Å². The van der Waals surface area contributed by atoms with Gasteiger partial charge in [-0.3, -0.25) is 4.79 Å². The second-order valence-corrected chi connectivity index (χ2v) is 14.0. The third kappa shape index (κ3) is 35.7. The summed E-state index contributed by atoms with van der Waals surface area (Å²) in [7, 11) is 0. The summed E-state index contributed by atoms with van der Waals surface area (Å²) in [6.07, 6.45) is 50.4. The first-order valence-electron chi connectivity index (χ1n) is 20.6. The van der Waals surface area contributed by atoms with Crippen molar-refractivity contribution in [2.45, 2.75) is 252 Å². The summed E-state index contributed by atoms with van der Waals surface area (Å²) in [5.74, 6) is 0.0675. The lowest BCUT2D eigenvalue weighted by atomic mass is 10.0. The van der Waals surface area contributed by atoms with E-state index in [1.165, 1.54) is 199 Å². The molecule has 0 saturated heterocycles. The molecule has 0 aromatic rings. The standard InChI is InChI=1S/C42H82O2/c1-4-7-10-13-16-18-19-20-21-22-23-24-25-26-27-29-31-34-37-40-42(43)44-41(38-35-32-15-12-9-6-3)39-36-33-30-28-17-14-11-8-5-2/h20-21,41H,4-19,22-40H2,1-3H3/b21-20+. The monoisotopic (exact) mass is 619 g/mol. The Morgan fingerprint density at radius 1 is 0.409 bits per heavy atom. The van der Waals surface area contributed by atoms with E-state index in [1.54, 1.807) is 0 Å². The largest absolute Gasteiger partial charge is 0.462 e. The van der Waals surface area contributed by atoms with Crippen molar-refractivity contribution in [1.82, 2.24) is 0 Å². The van der Waals surface area contributed by atoms with Crippen molar-refractivity contribution in [3.63, 3.8) is 0 Å². The predicted molar refractivity (Wildman–Crippen MR) is 198 cm³/mol. The van der Waals surface area contributed by atoms with Crippen LogP contribution in [0.5, 0.6) is 0 Å². The van der Waals surface area contributed by atoms with Gasteiger partial charge in [0.1, 0.15) is 6.10 Å². The molecule has 1 atom stereocenters. The maximum absolute atomic E-state index is 12.6. The molecule has 0 rings (SSSR count). The van der Waals surface area contributed by atoms with Crippen LogP contribution in [0.1, 0.15) is 245 Å². The van der Waals surface area contributed by atoms with Crippen molar-refractivity contribution < 1.29 is 9.53 Å². The number of rotatable bonds is 37. The molecule has 44 heavy (non-hydrogen) atoms. The predicted octanol–water partition coefficient (Wildman–Crippen LogP) is 15.2. The fourth-order valence-electron chi connectivity index (χ4n) is 6.39. The fourth-order valence-corrected chi connectivity index (χ4v) is 6.39. The van der Waals surface area contributed by atoms with Gasteiger partial charge < -0.3 is 4.74 Å². The molecule has 0 aromatic heterocycles. The van der Waals surface area contributed by atoms with E-state index in [0.29, 0.717) is 6.42 Å².